The molecule has 3 nitrogen and oxygen atoms in total. The lowest BCUT2D eigenvalue weighted by molar-refractivity contribution is -0.143. The summed E-state index contributed by atoms with van der Waals surface area (Å²) < 4.78 is 44.8. The van der Waals surface area contributed by atoms with Crippen molar-refractivity contribution in [2.75, 3.05) is 0 Å². The predicted octanol–water partition coefficient (Wildman–Crippen LogP) is 2.19. The maximum Gasteiger partial charge on any atom is 0.349 e. The highest BCUT2D eigenvalue weighted by Gasteiger charge is 2.39. The largest absolute Gasteiger partial charge is 0.488 e. The molecule has 0 spiro atoms. The Labute approximate surface area is 96.4 Å². The standard InChI is InChI=1S/C11H12F3NO2/c1-6(2)17-9-4-3-7(5-8(9)12)11(13,14)10(15)16/h3-6H,1-2H3,(H2,15,16). The number of rotatable bonds is 4. The van der Waals surface area contributed by atoms with Gasteiger partial charge >= 0.3 is 5.92 Å². The Balaban J connectivity index is 3.08. The molecule has 1 aromatic rings. The first-order chi connectivity index (χ1) is 7.75. The molecule has 94 valence electrons. The topological polar surface area (TPSA) is 52.3 Å². The van der Waals surface area contributed by atoms with E-state index < -0.39 is 23.2 Å². The maximum atomic E-state index is 13.4. The van der Waals surface area contributed by atoms with Gasteiger partial charge in [-0.2, -0.15) is 8.78 Å². The molecule has 1 rings (SSSR count). The van der Waals surface area contributed by atoms with Gasteiger partial charge in [-0.15, -0.1) is 0 Å². The van der Waals surface area contributed by atoms with Crippen LogP contribution in [0.25, 0.3) is 0 Å². The van der Waals surface area contributed by atoms with Gasteiger partial charge in [0.25, 0.3) is 5.91 Å². The highest BCUT2D eigenvalue weighted by atomic mass is 19.3. The zero-order chi connectivity index (χ0) is 13.2. The van der Waals surface area contributed by atoms with Gasteiger partial charge in [0, 0.05) is 5.56 Å². The lowest BCUT2D eigenvalue weighted by atomic mass is 10.1. The van der Waals surface area contributed by atoms with E-state index >= 15 is 0 Å². The number of ether oxygens (including phenoxy) is 1. The van der Waals surface area contributed by atoms with Crippen molar-refractivity contribution in [3.63, 3.8) is 0 Å². The van der Waals surface area contributed by atoms with E-state index in [1.807, 2.05) is 0 Å². The summed E-state index contributed by atoms with van der Waals surface area (Å²) in [4.78, 5) is 10.5. The first-order valence-corrected chi connectivity index (χ1v) is 4.89. The Morgan fingerprint density at radius 1 is 1.41 bits per heavy atom. The number of benzene rings is 1. The van der Waals surface area contributed by atoms with E-state index in [2.05, 4.69) is 5.73 Å². The van der Waals surface area contributed by atoms with E-state index in [1.54, 1.807) is 13.8 Å². The average Bonchev–Trinajstić information content (AvgIpc) is 2.20. The highest BCUT2D eigenvalue weighted by Crippen LogP contribution is 2.30. The van der Waals surface area contributed by atoms with Crippen LogP contribution in [0.2, 0.25) is 0 Å². The number of amides is 1. The van der Waals surface area contributed by atoms with Gasteiger partial charge in [0.1, 0.15) is 0 Å². The second-order valence-corrected chi connectivity index (χ2v) is 3.75. The van der Waals surface area contributed by atoms with Crippen LogP contribution < -0.4 is 10.5 Å². The molecule has 0 aliphatic rings. The normalized spacial score (nSPS) is 11.6. The van der Waals surface area contributed by atoms with Crippen LogP contribution in [-0.2, 0) is 10.7 Å². The molecule has 0 aliphatic heterocycles. The summed E-state index contributed by atoms with van der Waals surface area (Å²) in [6.45, 7) is 3.34. The number of carbonyl (C=O) groups excluding carboxylic acids is 1. The molecule has 0 unspecified atom stereocenters. The number of hydrogen-bond donors (Lipinski definition) is 1. The zero-order valence-electron chi connectivity index (χ0n) is 9.34. The predicted molar refractivity (Wildman–Crippen MR) is 55.3 cm³/mol. The fraction of sp³-hybridized carbons (Fsp3) is 0.364. The van der Waals surface area contributed by atoms with Crippen molar-refractivity contribution in [1.29, 1.82) is 0 Å². The Morgan fingerprint density at radius 3 is 2.41 bits per heavy atom. The second kappa shape index (κ2) is 4.65. The van der Waals surface area contributed by atoms with Gasteiger partial charge in [-0.25, -0.2) is 4.39 Å². The zero-order valence-corrected chi connectivity index (χ0v) is 9.34. The summed E-state index contributed by atoms with van der Waals surface area (Å²) in [6, 6.07) is 2.50. The minimum atomic E-state index is -3.89. The SMILES string of the molecule is CC(C)Oc1ccc(C(F)(F)C(N)=O)cc1F. The molecular weight excluding hydrogens is 235 g/mol. The summed E-state index contributed by atoms with van der Waals surface area (Å²) in [7, 11) is 0. The minimum Gasteiger partial charge on any atom is -0.488 e. The average molecular weight is 247 g/mol. The number of halogens is 3. The second-order valence-electron chi connectivity index (χ2n) is 3.75. The van der Waals surface area contributed by atoms with Crippen molar-refractivity contribution in [3.05, 3.63) is 29.6 Å². The van der Waals surface area contributed by atoms with Crippen LogP contribution in [0.4, 0.5) is 13.2 Å². The fourth-order valence-electron chi connectivity index (χ4n) is 1.19. The summed E-state index contributed by atoms with van der Waals surface area (Å²) in [6.07, 6.45) is -0.285. The summed E-state index contributed by atoms with van der Waals surface area (Å²) in [5.41, 5.74) is 3.74. The molecule has 0 saturated heterocycles. The minimum absolute atomic E-state index is 0.149. The van der Waals surface area contributed by atoms with E-state index in [0.717, 1.165) is 12.1 Å². The molecule has 1 aromatic carbocycles. The number of nitrogens with two attached hydrogens (primary N) is 1. The Bertz CT molecular complexity index is 433. The molecule has 6 heteroatoms. The van der Waals surface area contributed by atoms with Gasteiger partial charge in [0.05, 0.1) is 6.10 Å². The molecule has 2 N–H and O–H groups in total. The third kappa shape index (κ3) is 2.89. The van der Waals surface area contributed by atoms with Gasteiger partial charge in [-0.1, -0.05) is 0 Å². The number of alkyl halides is 2. The molecule has 17 heavy (non-hydrogen) atoms. The van der Waals surface area contributed by atoms with E-state index in [1.165, 1.54) is 0 Å². The van der Waals surface area contributed by atoms with Crippen molar-refractivity contribution < 1.29 is 22.7 Å². The van der Waals surface area contributed by atoms with Crippen LogP contribution in [0.3, 0.4) is 0 Å². The lowest BCUT2D eigenvalue weighted by Gasteiger charge is -2.15. The molecule has 0 fully saturated rings. The molecule has 0 bridgehead atoms. The maximum absolute atomic E-state index is 13.4. The van der Waals surface area contributed by atoms with Crippen LogP contribution in [0.5, 0.6) is 5.75 Å². The Morgan fingerprint density at radius 2 is 2.00 bits per heavy atom. The van der Waals surface area contributed by atoms with Gasteiger partial charge in [0.15, 0.2) is 11.6 Å². The number of hydrogen-bond acceptors (Lipinski definition) is 2. The smallest absolute Gasteiger partial charge is 0.349 e. The van der Waals surface area contributed by atoms with Gasteiger partial charge < -0.3 is 10.5 Å². The van der Waals surface area contributed by atoms with Crippen molar-refractivity contribution in [1.82, 2.24) is 0 Å². The van der Waals surface area contributed by atoms with Crippen LogP contribution in [0.1, 0.15) is 19.4 Å². The summed E-state index contributed by atoms with van der Waals surface area (Å²) in [5, 5.41) is 0. The molecular formula is C11H12F3NO2. The van der Waals surface area contributed by atoms with Crippen molar-refractivity contribution in [3.8, 4) is 5.75 Å². The molecule has 0 aromatic heterocycles. The van der Waals surface area contributed by atoms with Gasteiger partial charge in [0.2, 0.25) is 0 Å². The van der Waals surface area contributed by atoms with Gasteiger partial charge in [-0.3, -0.25) is 4.79 Å². The van der Waals surface area contributed by atoms with E-state index in [9.17, 15) is 18.0 Å². The molecule has 0 aliphatic carbocycles. The van der Waals surface area contributed by atoms with E-state index in [4.69, 9.17) is 4.74 Å². The van der Waals surface area contributed by atoms with E-state index in [-0.39, 0.29) is 11.9 Å². The third-order valence-corrected chi connectivity index (χ3v) is 1.97. The number of carbonyl (C=O) groups is 1. The highest BCUT2D eigenvalue weighted by molar-refractivity contribution is 5.83. The number of primary amides is 1. The first-order valence-electron chi connectivity index (χ1n) is 4.89. The summed E-state index contributed by atoms with van der Waals surface area (Å²) in [5.74, 6) is -6.83. The Kier molecular flexibility index (Phi) is 3.65. The monoisotopic (exact) mass is 247 g/mol. The third-order valence-electron chi connectivity index (χ3n) is 1.97. The van der Waals surface area contributed by atoms with Crippen molar-refractivity contribution >= 4 is 5.91 Å². The van der Waals surface area contributed by atoms with Gasteiger partial charge in [-0.05, 0) is 32.0 Å². The van der Waals surface area contributed by atoms with Crippen LogP contribution in [0.15, 0.2) is 18.2 Å². The fourth-order valence-corrected chi connectivity index (χ4v) is 1.19. The molecule has 0 heterocycles. The first kappa shape index (κ1) is 13.3. The summed E-state index contributed by atoms with van der Waals surface area (Å²) >= 11 is 0. The molecule has 1 amide bonds. The van der Waals surface area contributed by atoms with Crippen molar-refractivity contribution in [2.24, 2.45) is 5.73 Å². The van der Waals surface area contributed by atoms with Crippen LogP contribution in [-0.4, -0.2) is 12.0 Å². The van der Waals surface area contributed by atoms with Crippen molar-refractivity contribution in [2.45, 2.75) is 25.9 Å². The van der Waals surface area contributed by atoms with Crippen LogP contribution in [0, 0.1) is 5.82 Å². The Hall–Kier alpha value is -1.72. The molecule has 0 radical (unpaired) electrons. The molecule has 0 atom stereocenters. The molecule has 0 saturated carbocycles. The quantitative estimate of drug-likeness (QED) is 0.886. The van der Waals surface area contributed by atoms with Crippen LogP contribution >= 0.6 is 0 Å². The van der Waals surface area contributed by atoms with E-state index in [0.29, 0.717) is 6.07 Å². The lowest BCUT2D eigenvalue weighted by Crippen LogP contribution is -2.33.